The average Bonchev–Trinajstić information content (AvgIpc) is 2.20. The monoisotopic (exact) mass is 254 g/mol. The van der Waals surface area contributed by atoms with Crippen LogP contribution in [0.3, 0.4) is 0 Å². The average molecular weight is 255 g/mol. The zero-order chi connectivity index (χ0) is 11.7. The molecule has 0 spiro atoms. The summed E-state index contributed by atoms with van der Waals surface area (Å²) in [5, 5.41) is 0.923. The summed E-state index contributed by atoms with van der Waals surface area (Å²) in [6.07, 6.45) is 0. The fraction of sp³-hybridized carbons (Fsp3) is 0.0769. The molecule has 3 heteroatoms. The van der Waals surface area contributed by atoms with Crippen molar-refractivity contribution in [2.75, 3.05) is 0 Å². The molecule has 0 amide bonds. The van der Waals surface area contributed by atoms with Gasteiger partial charge in [0, 0.05) is 21.2 Å². The van der Waals surface area contributed by atoms with E-state index in [1.54, 1.807) is 18.2 Å². The third kappa shape index (κ3) is 2.06. The van der Waals surface area contributed by atoms with Gasteiger partial charge in [0.1, 0.15) is 5.82 Å². The largest absolute Gasteiger partial charge is 0.206 e. The lowest BCUT2D eigenvalue weighted by atomic mass is 10.0. The van der Waals surface area contributed by atoms with Crippen LogP contribution < -0.4 is 0 Å². The first-order chi connectivity index (χ1) is 7.59. The van der Waals surface area contributed by atoms with Crippen molar-refractivity contribution < 1.29 is 4.39 Å². The topological polar surface area (TPSA) is 0 Å². The SMILES string of the molecule is Cc1cccc(Cl)c1-c1ccc(Cl)cc1F. The number of benzene rings is 2. The normalized spacial score (nSPS) is 10.5. The second-order valence-electron chi connectivity index (χ2n) is 3.56. The first-order valence-corrected chi connectivity index (χ1v) is 5.55. The second-order valence-corrected chi connectivity index (χ2v) is 4.40. The third-order valence-corrected chi connectivity index (χ3v) is 2.97. The van der Waals surface area contributed by atoms with E-state index in [0.29, 0.717) is 15.6 Å². The van der Waals surface area contributed by atoms with E-state index in [1.165, 1.54) is 6.07 Å². The lowest BCUT2D eigenvalue weighted by molar-refractivity contribution is 0.631. The van der Waals surface area contributed by atoms with Gasteiger partial charge in [0.05, 0.1) is 0 Å². The molecule has 0 unspecified atom stereocenters. The van der Waals surface area contributed by atoms with Crippen molar-refractivity contribution in [3.05, 3.63) is 57.8 Å². The molecule has 0 bridgehead atoms. The van der Waals surface area contributed by atoms with Crippen LogP contribution in [-0.4, -0.2) is 0 Å². The van der Waals surface area contributed by atoms with Crippen LogP contribution in [0.2, 0.25) is 10.0 Å². The van der Waals surface area contributed by atoms with Crippen molar-refractivity contribution >= 4 is 23.2 Å². The fourth-order valence-corrected chi connectivity index (χ4v) is 2.15. The van der Waals surface area contributed by atoms with Crippen LogP contribution in [0.25, 0.3) is 11.1 Å². The highest BCUT2D eigenvalue weighted by Crippen LogP contribution is 2.33. The predicted molar refractivity (Wildman–Crippen MR) is 66.6 cm³/mol. The minimum Gasteiger partial charge on any atom is -0.206 e. The van der Waals surface area contributed by atoms with E-state index in [9.17, 15) is 4.39 Å². The molecule has 0 aromatic heterocycles. The minimum atomic E-state index is -0.358. The molecule has 2 aromatic rings. The smallest absolute Gasteiger partial charge is 0.132 e. The zero-order valence-electron chi connectivity index (χ0n) is 8.60. The van der Waals surface area contributed by atoms with Crippen molar-refractivity contribution in [2.24, 2.45) is 0 Å². The summed E-state index contributed by atoms with van der Waals surface area (Å²) in [7, 11) is 0. The number of aryl methyl sites for hydroxylation is 1. The highest BCUT2D eigenvalue weighted by Gasteiger charge is 2.11. The highest BCUT2D eigenvalue weighted by atomic mass is 35.5. The maximum Gasteiger partial charge on any atom is 0.132 e. The van der Waals surface area contributed by atoms with E-state index < -0.39 is 0 Å². The molecule has 16 heavy (non-hydrogen) atoms. The molecule has 0 aliphatic rings. The number of halogens is 3. The Labute approximate surface area is 104 Å². The summed E-state index contributed by atoms with van der Waals surface area (Å²) < 4.78 is 13.8. The summed E-state index contributed by atoms with van der Waals surface area (Å²) in [6, 6.07) is 10.1. The van der Waals surface area contributed by atoms with Crippen LogP contribution in [0.4, 0.5) is 4.39 Å². The van der Waals surface area contributed by atoms with E-state index in [4.69, 9.17) is 23.2 Å². The Morgan fingerprint density at radius 1 is 1.06 bits per heavy atom. The van der Waals surface area contributed by atoms with Gasteiger partial charge >= 0.3 is 0 Å². The van der Waals surface area contributed by atoms with Gasteiger partial charge < -0.3 is 0 Å². The van der Waals surface area contributed by atoms with Crippen LogP contribution in [0.1, 0.15) is 5.56 Å². The molecular formula is C13H9Cl2F. The summed E-state index contributed by atoms with van der Waals surface area (Å²) in [6.45, 7) is 1.90. The minimum absolute atomic E-state index is 0.358. The fourth-order valence-electron chi connectivity index (χ4n) is 1.67. The Kier molecular flexibility index (Phi) is 3.17. The number of hydrogen-bond donors (Lipinski definition) is 0. The lowest BCUT2D eigenvalue weighted by Crippen LogP contribution is -1.88. The van der Waals surface area contributed by atoms with Gasteiger partial charge in [-0.15, -0.1) is 0 Å². The Hall–Kier alpha value is -1.05. The molecule has 0 saturated heterocycles. The first-order valence-electron chi connectivity index (χ1n) is 4.80. The summed E-state index contributed by atoms with van der Waals surface area (Å²) in [4.78, 5) is 0. The van der Waals surface area contributed by atoms with Crippen LogP contribution >= 0.6 is 23.2 Å². The van der Waals surface area contributed by atoms with Crippen molar-refractivity contribution in [2.45, 2.75) is 6.92 Å². The molecule has 0 radical (unpaired) electrons. The van der Waals surface area contributed by atoms with Gasteiger partial charge in [0.15, 0.2) is 0 Å². The highest BCUT2D eigenvalue weighted by molar-refractivity contribution is 6.33. The Morgan fingerprint density at radius 3 is 2.44 bits per heavy atom. The molecule has 0 heterocycles. The van der Waals surface area contributed by atoms with Crippen molar-refractivity contribution in [1.82, 2.24) is 0 Å². The van der Waals surface area contributed by atoms with Gasteiger partial charge in [-0.25, -0.2) is 4.39 Å². The lowest BCUT2D eigenvalue weighted by Gasteiger charge is -2.09. The molecule has 0 atom stereocenters. The molecule has 0 nitrogen and oxygen atoms in total. The zero-order valence-corrected chi connectivity index (χ0v) is 10.1. The number of rotatable bonds is 1. The molecule has 0 fully saturated rings. The predicted octanol–water partition coefficient (Wildman–Crippen LogP) is 5.11. The van der Waals surface area contributed by atoms with Gasteiger partial charge in [-0.05, 0) is 36.8 Å². The van der Waals surface area contributed by atoms with E-state index in [1.807, 2.05) is 19.1 Å². The molecule has 0 aliphatic carbocycles. The third-order valence-electron chi connectivity index (χ3n) is 2.42. The summed E-state index contributed by atoms with van der Waals surface area (Å²) in [5.74, 6) is -0.358. The van der Waals surface area contributed by atoms with Crippen molar-refractivity contribution in [1.29, 1.82) is 0 Å². The summed E-state index contributed by atoms with van der Waals surface area (Å²) in [5.41, 5.74) is 2.14. The standard InChI is InChI=1S/C13H9Cl2F/c1-8-3-2-4-11(15)13(8)10-6-5-9(14)7-12(10)16/h2-7H,1H3. The molecule has 0 N–H and O–H groups in total. The van der Waals surface area contributed by atoms with Crippen LogP contribution in [0, 0.1) is 12.7 Å². The molecule has 82 valence electrons. The van der Waals surface area contributed by atoms with Crippen LogP contribution in [0.15, 0.2) is 36.4 Å². The number of hydrogen-bond acceptors (Lipinski definition) is 0. The van der Waals surface area contributed by atoms with Crippen LogP contribution in [0.5, 0.6) is 0 Å². The Morgan fingerprint density at radius 2 is 1.81 bits per heavy atom. The maximum atomic E-state index is 13.8. The molecule has 2 rings (SSSR count). The van der Waals surface area contributed by atoms with E-state index in [0.717, 1.165) is 11.1 Å². The Balaban J connectivity index is 2.68. The van der Waals surface area contributed by atoms with Gasteiger partial charge in [0.2, 0.25) is 0 Å². The molecule has 0 saturated carbocycles. The quantitative estimate of drug-likeness (QED) is 0.664. The van der Waals surface area contributed by atoms with Gasteiger partial charge in [0.25, 0.3) is 0 Å². The second kappa shape index (κ2) is 4.44. The van der Waals surface area contributed by atoms with Gasteiger partial charge in [-0.3, -0.25) is 0 Å². The molecule has 0 aliphatic heterocycles. The Bertz CT molecular complexity index is 515. The summed E-state index contributed by atoms with van der Waals surface area (Å²) >= 11 is 11.8. The first kappa shape index (κ1) is 11.4. The molecular weight excluding hydrogens is 246 g/mol. The maximum absolute atomic E-state index is 13.8. The van der Waals surface area contributed by atoms with Gasteiger partial charge in [-0.2, -0.15) is 0 Å². The van der Waals surface area contributed by atoms with Gasteiger partial charge in [-0.1, -0.05) is 35.3 Å². The van der Waals surface area contributed by atoms with E-state index in [2.05, 4.69) is 0 Å². The van der Waals surface area contributed by atoms with Crippen molar-refractivity contribution in [3.63, 3.8) is 0 Å². The van der Waals surface area contributed by atoms with E-state index in [-0.39, 0.29) is 5.82 Å². The molecule has 2 aromatic carbocycles. The van der Waals surface area contributed by atoms with E-state index >= 15 is 0 Å². The van der Waals surface area contributed by atoms with Crippen molar-refractivity contribution in [3.8, 4) is 11.1 Å². The van der Waals surface area contributed by atoms with Crippen LogP contribution in [-0.2, 0) is 0 Å².